The highest BCUT2D eigenvalue weighted by atomic mass is 127. The van der Waals surface area contributed by atoms with Crippen molar-refractivity contribution in [3.05, 3.63) is 23.2 Å². The number of nitrogens with zero attached hydrogens (tertiary/aromatic N) is 1. The van der Waals surface area contributed by atoms with Crippen molar-refractivity contribution in [3.8, 4) is 0 Å². The third kappa shape index (κ3) is 7.42. The van der Waals surface area contributed by atoms with Crippen LogP contribution in [0.4, 0.5) is 0 Å². The molecule has 116 valence electrons. The summed E-state index contributed by atoms with van der Waals surface area (Å²) in [7, 11) is 1.80. The Morgan fingerprint density at radius 1 is 1.30 bits per heavy atom. The summed E-state index contributed by atoms with van der Waals surface area (Å²) in [6.45, 7) is 5.66. The van der Waals surface area contributed by atoms with Gasteiger partial charge in [0.2, 0.25) is 0 Å². The van der Waals surface area contributed by atoms with E-state index < -0.39 is 0 Å². The van der Waals surface area contributed by atoms with E-state index in [9.17, 15) is 0 Å². The van der Waals surface area contributed by atoms with Crippen molar-refractivity contribution in [1.29, 1.82) is 0 Å². The lowest BCUT2D eigenvalue weighted by atomic mass is 10.2. The van der Waals surface area contributed by atoms with Crippen molar-refractivity contribution in [3.63, 3.8) is 0 Å². The molecule has 6 heteroatoms. The van der Waals surface area contributed by atoms with Crippen LogP contribution in [-0.4, -0.2) is 31.6 Å². The predicted octanol–water partition coefficient (Wildman–Crippen LogP) is 3.32. The maximum Gasteiger partial charge on any atom is 0.191 e. The monoisotopic (exact) mass is 411 g/mol. The van der Waals surface area contributed by atoms with Gasteiger partial charge in [0.15, 0.2) is 5.96 Å². The summed E-state index contributed by atoms with van der Waals surface area (Å²) in [5, 5.41) is 6.63. The Kier molecular flexibility index (Phi) is 11.1. The third-order valence-electron chi connectivity index (χ3n) is 2.88. The zero-order valence-corrected chi connectivity index (χ0v) is 15.9. The molecule has 0 aliphatic carbocycles. The molecule has 0 radical (unpaired) electrons. The summed E-state index contributed by atoms with van der Waals surface area (Å²) in [6, 6.07) is 2.06. The van der Waals surface area contributed by atoms with E-state index in [0.29, 0.717) is 0 Å². The average Bonchev–Trinajstić information content (AvgIpc) is 2.71. The number of rotatable bonds is 7. The predicted molar refractivity (Wildman–Crippen MR) is 99.4 cm³/mol. The van der Waals surface area contributed by atoms with Crippen molar-refractivity contribution < 1.29 is 4.42 Å². The molecule has 0 aliphatic heterocycles. The van der Waals surface area contributed by atoms with Gasteiger partial charge in [-0.3, -0.25) is 4.99 Å². The van der Waals surface area contributed by atoms with Gasteiger partial charge < -0.3 is 15.1 Å². The summed E-state index contributed by atoms with van der Waals surface area (Å²) in [5.74, 6) is 4.00. The second-order valence-electron chi connectivity index (χ2n) is 4.49. The number of hydrogen-bond acceptors (Lipinski definition) is 3. The molecule has 0 amide bonds. The maximum absolute atomic E-state index is 5.50. The largest absolute Gasteiger partial charge is 0.466 e. The van der Waals surface area contributed by atoms with Crippen molar-refractivity contribution in [2.24, 2.45) is 4.99 Å². The number of furan rings is 1. The topological polar surface area (TPSA) is 49.6 Å². The van der Waals surface area contributed by atoms with Gasteiger partial charge in [0.25, 0.3) is 0 Å². The first-order chi connectivity index (χ1) is 9.17. The molecular formula is C14H26IN3OS. The van der Waals surface area contributed by atoms with Gasteiger partial charge in [-0.15, -0.1) is 24.0 Å². The van der Waals surface area contributed by atoms with Crippen LogP contribution in [0.3, 0.4) is 0 Å². The van der Waals surface area contributed by atoms with E-state index in [4.69, 9.17) is 4.42 Å². The quantitative estimate of drug-likeness (QED) is 0.313. The Morgan fingerprint density at radius 3 is 2.60 bits per heavy atom. The van der Waals surface area contributed by atoms with Crippen LogP contribution in [0.2, 0.25) is 0 Å². The van der Waals surface area contributed by atoms with Gasteiger partial charge in [0.1, 0.15) is 11.5 Å². The molecular weight excluding hydrogens is 385 g/mol. The Labute approximate surface area is 143 Å². The fourth-order valence-electron chi connectivity index (χ4n) is 1.84. The van der Waals surface area contributed by atoms with Crippen LogP contribution in [0, 0.1) is 13.8 Å². The fourth-order valence-corrected chi connectivity index (χ4v) is 2.33. The van der Waals surface area contributed by atoms with Gasteiger partial charge in [-0.25, -0.2) is 0 Å². The van der Waals surface area contributed by atoms with Gasteiger partial charge in [-0.05, 0) is 44.8 Å². The highest BCUT2D eigenvalue weighted by Crippen LogP contribution is 2.12. The van der Waals surface area contributed by atoms with E-state index in [0.717, 1.165) is 30.6 Å². The number of hydrogen-bond donors (Lipinski definition) is 2. The highest BCUT2D eigenvalue weighted by Gasteiger charge is 2.05. The lowest BCUT2D eigenvalue weighted by Crippen LogP contribution is -2.37. The van der Waals surface area contributed by atoms with E-state index >= 15 is 0 Å². The van der Waals surface area contributed by atoms with Gasteiger partial charge >= 0.3 is 0 Å². The number of nitrogens with one attached hydrogen (secondary N) is 2. The molecule has 0 saturated carbocycles. The summed E-state index contributed by atoms with van der Waals surface area (Å²) in [4.78, 5) is 4.22. The molecule has 0 atom stereocenters. The molecule has 0 unspecified atom stereocenters. The molecule has 2 N–H and O–H groups in total. The molecule has 1 heterocycles. The van der Waals surface area contributed by atoms with Gasteiger partial charge in [-0.2, -0.15) is 11.8 Å². The van der Waals surface area contributed by atoms with Crippen molar-refractivity contribution in [1.82, 2.24) is 10.6 Å². The fraction of sp³-hybridized carbons (Fsp3) is 0.643. The number of unbranched alkanes of at least 4 members (excludes halogenated alkanes) is 1. The molecule has 0 saturated heterocycles. The van der Waals surface area contributed by atoms with Crippen LogP contribution in [-0.2, 0) is 6.54 Å². The lowest BCUT2D eigenvalue weighted by Gasteiger charge is -2.11. The Balaban J connectivity index is 0.00000361. The van der Waals surface area contributed by atoms with Crippen molar-refractivity contribution in [2.45, 2.75) is 33.2 Å². The number of aryl methyl sites for hydroxylation is 2. The van der Waals surface area contributed by atoms with E-state index in [1.165, 1.54) is 24.2 Å². The molecule has 0 bridgehead atoms. The minimum atomic E-state index is 0. The second kappa shape index (κ2) is 11.3. The smallest absolute Gasteiger partial charge is 0.191 e. The molecule has 1 aromatic rings. The van der Waals surface area contributed by atoms with Gasteiger partial charge in [0.05, 0.1) is 0 Å². The Morgan fingerprint density at radius 2 is 2.05 bits per heavy atom. The highest BCUT2D eigenvalue weighted by molar-refractivity contribution is 14.0. The molecule has 0 fully saturated rings. The third-order valence-corrected chi connectivity index (χ3v) is 3.58. The van der Waals surface area contributed by atoms with Crippen LogP contribution >= 0.6 is 35.7 Å². The van der Waals surface area contributed by atoms with Crippen LogP contribution < -0.4 is 10.6 Å². The average molecular weight is 411 g/mol. The van der Waals surface area contributed by atoms with E-state index in [-0.39, 0.29) is 24.0 Å². The molecule has 0 aliphatic rings. The van der Waals surface area contributed by atoms with Crippen LogP contribution in [0.15, 0.2) is 15.5 Å². The van der Waals surface area contributed by atoms with Crippen LogP contribution in [0.1, 0.15) is 29.9 Å². The first-order valence-corrected chi connectivity index (χ1v) is 8.06. The van der Waals surface area contributed by atoms with Crippen LogP contribution in [0.25, 0.3) is 0 Å². The van der Waals surface area contributed by atoms with E-state index in [1.807, 2.05) is 25.6 Å². The molecule has 0 spiro atoms. The normalized spacial score (nSPS) is 11.1. The molecule has 20 heavy (non-hydrogen) atoms. The van der Waals surface area contributed by atoms with Gasteiger partial charge in [0, 0.05) is 25.7 Å². The lowest BCUT2D eigenvalue weighted by molar-refractivity contribution is 0.500. The number of aliphatic imine (C=N–C) groups is 1. The van der Waals surface area contributed by atoms with Crippen LogP contribution in [0.5, 0.6) is 0 Å². The molecule has 1 aromatic heterocycles. The Hall–Kier alpha value is -0.370. The zero-order valence-electron chi connectivity index (χ0n) is 12.8. The second-order valence-corrected chi connectivity index (χ2v) is 5.48. The number of thioether (sulfide) groups is 1. The maximum atomic E-state index is 5.50. The first kappa shape index (κ1) is 19.6. The molecule has 1 rings (SSSR count). The number of guanidine groups is 1. The molecule has 4 nitrogen and oxygen atoms in total. The minimum Gasteiger partial charge on any atom is -0.466 e. The number of halogens is 1. The first-order valence-electron chi connectivity index (χ1n) is 6.66. The summed E-state index contributed by atoms with van der Waals surface area (Å²) in [5.41, 5.74) is 1.18. The van der Waals surface area contributed by atoms with E-state index in [2.05, 4.69) is 27.9 Å². The SMILES string of the molecule is CN=C(NCCCCSC)NCc1cc(C)oc1C.I. The zero-order chi connectivity index (χ0) is 14.1. The minimum absolute atomic E-state index is 0. The summed E-state index contributed by atoms with van der Waals surface area (Å²) >= 11 is 1.89. The Bertz CT molecular complexity index is 407. The van der Waals surface area contributed by atoms with Gasteiger partial charge in [-0.1, -0.05) is 0 Å². The standard InChI is InChI=1S/C14H25N3OS.HI/c1-11-9-13(12(2)18-11)10-17-14(15-3)16-7-5-6-8-19-4;/h9H,5-8,10H2,1-4H3,(H2,15,16,17);1H. The summed E-state index contributed by atoms with van der Waals surface area (Å²) in [6.07, 6.45) is 4.56. The van der Waals surface area contributed by atoms with E-state index in [1.54, 1.807) is 7.05 Å². The summed E-state index contributed by atoms with van der Waals surface area (Å²) < 4.78 is 5.50. The molecule has 0 aromatic carbocycles. The van der Waals surface area contributed by atoms with Crippen molar-refractivity contribution >= 4 is 41.7 Å². The van der Waals surface area contributed by atoms with Crippen molar-refractivity contribution in [2.75, 3.05) is 25.6 Å².